The summed E-state index contributed by atoms with van der Waals surface area (Å²) in [5.74, 6) is -2.28. The third-order valence-corrected chi connectivity index (χ3v) is 4.73. The average molecular weight is 364 g/mol. The number of alkyl halides is 2. The van der Waals surface area contributed by atoms with E-state index in [0.717, 1.165) is 5.56 Å². The van der Waals surface area contributed by atoms with Gasteiger partial charge in [-0.15, -0.1) is 0 Å². The van der Waals surface area contributed by atoms with Gasteiger partial charge in [0.05, 0.1) is 12.1 Å². The van der Waals surface area contributed by atoms with Crippen molar-refractivity contribution in [1.82, 2.24) is 9.88 Å². The first kappa shape index (κ1) is 17.7. The second-order valence-corrected chi connectivity index (χ2v) is 6.86. The van der Waals surface area contributed by atoms with Crippen LogP contribution < -0.4 is 4.74 Å². The Morgan fingerprint density at radius 2 is 2.12 bits per heavy atom. The molecule has 0 bridgehead atoms. The molecule has 25 heavy (non-hydrogen) atoms. The number of rotatable bonds is 5. The van der Waals surface area contributed by atoms with Crippen LogP contribution in [-0.2, 0) is 0 Å². The van der Waals surface area contributed by atoms with Crippen molar-refractivity contribution in [2.24, 2.45) is 0 Å². The third-order valence-electron chi connectivity index (χ3n) is 3.94. The van der Waals surface area contributed by atoms with E-state index < -0.39 is 5.76 Å². The number of aromatic nitrogens is 1. The average Bonchev–Trinajstić information content (AvgIpc) is 3.05. The quantitative estimate of drug-likeness (QED) is 0.752. The highest BCUT2D eigenvalue weighted by molar-refractivity contribution is 7.99. The molecule has 7 heteroatoms. The van der Waals surface area contributed by atoms with Crippen molar-refractivity contribution in [3.8, 4) is 5.88 Å². The zero-order valence-electron chi connectivity index (χ0n) is 13.7. The maximum Gasteiger partial charge on any atom is 0.288 e. The second kappa shape index (κ2) is 7.82. The molecule has 1 aliphatic heterocycles. The highest BCUT2D eigenvalue weighted by atomic mass is 32.2. The van der Waals surface area contributed by atoms with Crippen LogP contribution in [-0.4, -0.2) is 40.7 Å². The Bertz CT molecular complexity index is 740. The molecule has 1 aliphatic rings. The number of likely N-dealkylation sites (tertiary alicyclic amines) is 1. The largest absolute Gasteiger partial charge is 0.472 e. The molecule has 1 saturated heterocycles. The summed E-state index contributed by atoms with van der Waals surface area (Å²) < 4.78 is 31.2. The number of nitrogens with zero attached hydrogens (tertiary/aromatic N) is 2. The third kappa shape index (κ3) is 4.48. The van der Waals surface area contributed by atoms with Crippen LogP contribution in [0.25, 0.3) is 0 Å². The summed E-state index contributed by atoms with van der Waals surface area (Å²) in [5.41, 5.74) is 1.35. The number of hydrogen-bond acceptors (Lipinski definition) is 4. The summed E-state index contributed by atoms with van der Waals surface area (Å²) in [6.07, 6.45) is 2.27. The smallest absolute Gasteiger partial charge is 0.288 e. The molecule has 0 unspecified atom stereocenters. The van der Waals surface area contributed by atoms with Crippen LogP contribution in [0.5, 0.6) is 5.88 Å². The van der Waals surface area contributed by atoms with Crippen molar-refractivity contribution < 1.29 is 18.3 Å². The Balaban J connectivity index is 1.65. The lowest BCUT2D eigenvalue weighted by molar-refractivity contribution is 0.0768. The van der Waals surface area contributed by atoms with Gasteiger partial charge in [-0.1, -0.05) is 30.0 Å². The standard InChI is InChI=1S/C18H18F2N2O2S/c1-12-6-7-16(21-10-12)24-13-8-9-22(11-13)17(23)14-4-2-3-5-15(14)25-18(19)20/h2-7,10,13,18H,8-9,11H2,1H3/t13-/m0/s1. The normalized spacial score (nSPS) is 17.1. The predicted molar refractivity (Wildman–Crippen MR) is 92.2 cm³/mol. The SMILES string of the molecule is Cc1ccc(O[C@H]2CCN(C(=O)c3ccccc3SC(F)F)C2)nc1. The van der Waals surface area contributed by atoms with Gasteiger partial charge < -0.3 is 9.64 Å². The highest BCUT2D eigenvalue weighted by Gasteiger charge is 2.30. The minimum Gasteiger partial charge on any atom is -0.472 e. The summed E-state index contributed by atoms with van der Waals surface area (Å²) in [5, 5.41) is 0. The molecule has 3 rings (SSSR count). The molecule has 1 atom stereocenters. The van der Waals surface area contributed by atoms with Gasteiger partial charge in [0.15, 0.2) is 0 Å². The molecule has 0 spiro atoms. The molecule has 1 amide bonds. The Hall–Kier alpha value is -2.15. The number of carbonyl (C=O) groups is 1. The molecule has 2 heterocycles. The van der Waals surface area contributed by atoms with Gasteiger partial charge in [0.1, 0.15) is 6.10 Å². The highest BCUT2D eigenvalue weighted by Crippen LogP contribution is 2.30. The number of pyridine rings is 1. The summed E-state index contributed by atoms with van der Waals surface area (Å²) >= 11 is 0.395. The van der Waals surface area contributed by atoms with E-state index in [1.54, 1.807) is 41.4 Å². The Labute approximate surface area is 149 Å². The molecule has 0 radical (unpaired) electrons. The van der Waals surface area contributed by atoms with Crippen LogP contribution in [0, 0.1) is 6.92 Å². The van der Waals surface area contributed by atoms with Gasteiger partial charge in [-0.3, -0.25) is 4.79 Å². The lowest BCUT2D eigenvalue weighted by Gasteiger charge is -2.18. The molecule has 132 valence electrons. The predicted octanol–water partition coefficient (Wildman–Crippen LogP) is 4.00. The summed E-state index contributed by atoms with van der Waals surface area (Å²) in [7, 11) is 0. The van der Waals surface area contributed by atoms with Gasteiger partial charge in [0.2, 0.25) is 5.88 Å². The maximum absolute atomic E-state index is 12.7. The molecule has 4 nitrogen and oxygen atoms in total. The number of halogens is 2. The number of benzene rings is 1. The monoisotopic (exact) mass is 364 g/mol. The van der Waals surface area contributed by atoms with Gasteiger partial charge in [-0.2, -0.15) is 8.78 Å². The lowest BCUT2D eigenvalue weighted by Crippen LogP contribution is -2.31. The van der Waals surface area contributed by atoms with Crippen LogP contribution in [0.15, 0.2) is 47.5 Å². The zero-order chi connectivity index (χ0) is 17.8. The molecule has 1 aromatic carbocycles. The minimum atomic E-state index is -2.56. The fourth-order valence-electron chi connectivity index (χ4n) is 2.72. The van der Waals surface area contributed by atoms with E-state index in [-0.39, 0.29) is 12.0 Å². The van der Waals surface area contributed by atoms with E-state index in [9.17, 15) is 13.6 Å². The topological polar surface area (TPSA) is 42.4 Å². The summed E-state index contributed by atoms with van der Waals surface area (Å²) in [6.45, 7) is 2.90. The molecular formula is C18H18F2N2O2S. The van der Waals surface area contributed by atoms with Crippen LogP contribution in [0.2, 0.25) is 0 Å². The maximum atomic E-state index is 12.7. The van der Waals surface area contributed by atoms with Crippen molar-refractivity contribution in [1.29, 1.82) is 0 Å². The van der Waals surface area contributed by atoms with Crippen LogP contribution in [0.3, 0.4) is 0 Å². The number of aryl methyl sites for hydroxylation is 1. The zero-order valence-corrected chi connectivity index (χ0v) is 14.5. The van der Waals surface area contributed by atoms with Gasteiger partial charge in [-0.25, -0.2) is 4.98 Å². The summed E-state index contributed by atoms with van der Waals surface area (Å²) in [4.78, 5) is 18.8. The molecule has 0 aliphatic carbocycles. The molecule has 0 saturated carbocycles. The van der Waals surface area contributed by atoms with Crippen LogP contribution in [0.4, 0.5) is 8.78 Å². The fourth-order valence-corrected chi connectivity index (χ4v) is 3.35. The van der Waals surface area contributed by atoms with E-state index in [4.69, 9.17) is 4.74 Å². The van der Waals surface area contributed by atoms with Gasteiger partial charge in [-0.05, 0) is 24.6 Å². The molecule has 2 aromatic rings. The molecular weight excluding hydrogens is 346 g/mol. The van der Waals surface area contributed by atoms with E-state index in [1.165, 1.54) is 0 Å². The molecule has 1 fully saturated rings. The number of amides is 1. The van der Waals surface area contributed by atoms with E-state index in [0.29, 0.717) is 47.6 Å². The van der Waals surface area contributed by atoms with E-state index in [1.807, 2.05) is 13.0 Å². The van der Waals surface area contributed by atoms with E-state index >= 15 is 0 Å². The van der Waals surface area contributed by atoms with Crippen molar-refractivity contribution >= 4 is 17.7 Å². The number of carbonyl (C=O) groups excluding carboxylic acids is 1. The van der Waals surface area contributed by atoms with Gasteiger partial charge in [0.25, 0.3) is 11.7 Å². The molecule has 0 N–H and O–H groups in total. The van der Waals surface area contributed by atoms with Crippen LogP contribution >= 0.6 is 11.8 Å². The Morgan fingerprint density at radius 1 is 1.32 bits per heavy atom. The number of thioether (sulfide) groups is 1. The lowest BCUT2D eigenvalue weighted by atomic mass is 10.2. The first-order chi connectivity index (χ1) is 12.0. The fraction of sp³-hybridized carbons (Fsp3) is 0.333. The number of ether oxygens (including phenoxy) is 1. The van der Waals surface area contributed by atoms with E-state index in [2.05, 4.69) is 4.98 Å². The first-order valence-electron chi connectivity index (χ1n) is 7.95. The number of hydrogen-bond donors (Lipinski definition) is 0. The van der Waals surface area contributed by atoms with Gasteiger partial charge in [0, 0.05) is 30.1 Å². The summed E-state index contributed by atoms with van der Waals surface area (Å²) in [6, 6.07) is 10.2. The first-order valence-corrected chi connectivity index (χ1v) is 8.83. The van der Waals surface area contributed by atoms with Crippen molar-refractivity contribution in [2.45, 2.75) is 30.1 Å². The Kier molecular flexibility index (Phi) is 5.53. The minimum absolute atomic E-state index is 0.144. The second-order valence-electron chi connectivity index (χ2n) is 5.83. The van der Waals surface area contributed by atoms with Crippen molar-refractivity contribution in [3.63, 3.8) is 0 Å². The van der Waals surface area contributed by atoms with Crippen LogP contribution in [0.1, 0.15) is 22.3 Å². The molecule has 1 aromatic heterocycles. The van der Waals surface area contributed by atoms with Crippen molar-refractivity contribution in [2.75, 3.05) is 13.1 Å². The van der Waals surface area contributed by atoms with Gasteiger partial charge >= 0.3 is 0 Å². The van der Waals surface area contributed by atoms with Crippen molar-refractivity contribution in [3.05, 3.63) is 53.7 Å². The Morgan fingerprint density at radius 3 is 2.84 bits per heavy atom.